The number of aryl methyl sites for hydroxylation is 3. The van der Waals surface area contributed by atoms with Crippen molar-refractivity contribution in [2.75, 3.05) is 7.11 Å². The summed E-state index contributed by atoms with van der Waals surface area (Å²) in [5, 5.41) is 7.09. The zero-order valence-electron chi connectivity index (χ0n) is 27.9. The van der Waals surface area contributed by atoms with E-state index in [1.54, 1.807) is 7.11 Å². The molecule has 0 amide bonds. The van der Waals surface area contributed by atoms with Gasteiger partial charge in [-0.05, 0) is 73.3 Å². The van der Waals surface area contributed by atoms with Gasteiger partial charge in [0.05, 0.1) is 12.8 Å². The standard InChI is InChI=1S/C41H38N4O2.Pt/c1-6-7-9-12-30-22-32(45-29(4)41(28(3)43-45)31-13-10-8-11-14-31)24-35(23-30)47-34-15-17-36-37-25-33(46-5)16-18-38(37)44(39(36)26-34)40-21-27(2)19-20-42-40;/h8,10-11,13-23,25H,6-7,9,12H2,1-5H3;/q-2;+2. The number of pyridine rings is 1. The molecule has 0 aliphatic heterocycles. The fourth-order valence-electron chi connectivity index (χ4n) is 6.47. The Kier molecular flexibility index (Phi) is 9.84. The molecule has 7 rings (SSSR count). The second-order valence-corrected chi connectivity index (χ2v) is 12.1. The van der Waals surface area contributed by atoms with Crippen molar-refractivity contribution in [3.63, 3.8) is 0 Å². The second kappa shape index (κ2) is 14.2. The molecule has 0 saturated heterocycles. The maximum Gasteiger partial charge on any atom is 2.00 e. The van der Waals surface area contributed by atoms with Crippen LogP contribution in [-0.2, 0) is 27.5 Å². The van der Waals surface area contributed by atoms with Gasteiger partial charge in [0.1, 0.15) is 11.6 Å². The zero-order chi connectivity index (χ0) is 32.5. The van der Waals surface area contributed by atoms with Gasteiger partial charge in [-0.3, -0.25) is 4.68 Å². The number of benzene rings is 4. The quantitative estimate of drug-likeness (QED) is 0.102. The molecule has 244 valence electrons. The van der Waals surface area contributed by atoms with Crippen LogP contribution in [0.4, 0.5) is 0 Å². The Labute approximate surface area is 296 Å². The van der Waals surface area contributed by atoms with Gasteiger partial charge in [-0.2, -0.15) is 16.7 Å². The van der Waals surface area contributed by atoms with Gasteiger partial charge in [0.2, 0.25) is 0 Å². The van der Waals surface area contributed by atoms with Gasteiger partial charge < -0.3 is 14.0 Å². The molecule has 0 spiro atoms. The summed E-state index contributed by atoms with van der Waals surface area (Å²) in [7, 11) is 1.69. The van der Waals surface area contributed by atoms with E-state index < -0.39 is 0 Å². The average molecular weight is 814 g/mol. The number of fused-ring (bicyclic) bond motifs is 3. The molecule has 4 aromatic carbocycles. The molecule has 3 heterocycles. The minimum Gasteiger partial charge on any atom is -0.509 e. The van der Waals surface area contributed by atoms with Crippen molar-refractivity contribution in [1.82, 2.24) is 19.3 Å². The van der Waals surface area contributed by atoms with E-state index in [4.69, 9.17) is 19.6 Å². The van der Waals surface area contributed by atoms with E-state index in [2.05, 4.69) is 105 Å². The van der Waals surface area contributed by atoms with Crippen molar-refractivity contribution in [3.8, 4) is 39.9 Å². The molecule has 0 radical (unpaired) electrons. The third kappa shape index (κ3) is 6.42. The summed E-state index contributed by atoms with van der Waals surface area (Å²) in [4.78, 5) is 4.73. The molecule has 7 heteroatoms. The maximum absolute atomic E-state index is 6.60. The first kappa shape index (κ1) is 33.2. The summed E-state index contributed by atoms with van der Waals surface area (Å²) < 4.78 is 16.3. The Morgan fingerprint density at radius 3 is 2.42 bits per heavy atom. The molecule has 0 aliphatic carbocycles. The van der Waals surface area contributed by atoms with Crippen LogP contribution >= 0.6 is 0 Å². The first-order chi connectivity index (χ1) is 22.9. The monoisotopic (exact) mass is 813 g/mol. The number of methoxy groups -OCH3 is 1. The topological polar surface area (TPSA) is 54.1 Å². The van der Waals surface area contributed by atoms with Gasteiger partial charge in [-0.1, -0.05) is 68.5 Å². The summed E-state index contributed by atoms with van der Waals surface area (Å²) in [6.07, 6.45) is 6.24. The minimum atomic E-state index is 0. The normalized spacial score (nSPS) is 11.2. The van der Waals surface area contributed by atoms with Crippen molar-refractivity contribution in [3.05, 3.63) is 126 Å². The Balaban J connectivity index is 0.00000401. The molecule has 0 atom stereocenters. The molecule has 3 aromatic heterocycles. The number of hydrogen-bond acceptors (Lipinski definition) is 4. The van der Waals surface area contributed by atoms with Crippen LogP contribution in [0.25, 0.3) is 44.4 Å². The molecule has 7 aromatic rings. The molecule has 0 N–H and O–H groups in total. The number of ether oxygens (including phenoxy) is 2. The molecule has 0 bridgehead atoms. The largest absolute Gasteiger partial charge is 2.00 e. The molecule has 0 unspecified atom stereocenters. The predicted molar refractivity (Wildman–Crippen MR) is 189 cm³/mol. The minimum absolute atomic E-state index is 0. The SMILES string of the molecule is CCCCCc1cc(Oc2[c-]c3c(cc2)c2cc(OC)ccc2n3-c2cc(C)ccn2)[c-]c(-n2nc(C)c(-c3ccccc3)c2C)c1.[Pt+2]. The summed E-state index contributed by atoms with van der Waals surface area (Å²) >= 11 is 0. The van der Waals surface area contributed by atoms with E-state index in [-0.39, 0.29) is 21.1 Å². The van der Waals surface area contributed by atoms with Crippen LogP contribution in [0, 0.1) is 32.9 Å². The van der Waals surface area contributed by atoms with Gasteiger partial charge in [-0.25, -0.2) is 4.98 Å². The Hall–Kier alpha value is -4.67. The van der Waals surface area contributed by atoms with Gasteiger partial charge >= 0.3 is 21.1 Å². The molecule has 6 nitrogen and oxygen atoms in total. The van der Waals surface area contributed by atoms with Crippen molar-refractivity contribution in [2.45, 2.75) is 53.4 Å². The van der Waals surface area contributed by atoms with E-state index in [9.17, 15) is 0 Å². The smallest absolute Gasteiger partial charge is 0.509 e. The van der Waals surface area contributed by atoms with Crippen LogP contribution in [0.2, 0.25) is 0 Å². The van der Waals surface area contributed by atoms with Crippen LogP contribution in [0.15, 0.2) is 91.1 Å². The number of nitrogens with zero attached hydrogens (tertiary/aromatic N) is 4. The summed E-state index contributed by atoms with van der Waals surface area (Å²) in [6, 6.07) is 36.1. The zero-order valence-corrected chi connectivity index (χ0v) is 30.2. The summed E-state index contributed by atoms with van der Waals surface area (Å²) in [6.45, 7) is 8.49. The van der Waals surface area contributed by atoms with E-state index >= 15 is 0 Å². The Morgan fingerprint density at radius 2 is 1.65 bits per heavy atom. The van der Waals surface area contributed by atoms with Crippen LogP contribution in [0.1, 0.15) is 48.7 Å². The van der Waals surface area contributed by atoms with Crippen LogP contribution < -0.4 is 9.47 Å². The van der Waals surface area contributed by atoms with E-state index in [0.717, 1.165) is 86.4 Å². The van der Waals surface area contributed by atoms with Gasteiger partial charge in [0.25, 0.3) is 0 Å². The molecule has 48 heavy (non-hydrogen) atoms. The summed E-state index contributed by atoms with van der Waals surface area (Å²) in [5.41, 5.74) is 9.45. The summed E-state index contributed by atoms with van der Waals surface area (Å²) in [5.74, 6) is 2.87. The van der Waals surface area contributed by atoms with Crippen molar-refractivity contribution >= 4 is 21.8 Å². The van der Waals surface area contributed by atoms with Gasteiger partial charge in [0, 0.05) is 34.5 Å². The third-order valence-electron chi connectivity index (χ3n) is 8.75. The van der Waals surface area contributed by atoms with E-state index in [1.165, 1.54) is 12.0 Å². The molecule has 0 aliphatic rings. The predicted octanol–water partition coefficient (Wildman–Crippen LogP) is 10.1. The van der Waals surface area contributed by atoms with Crippen molar-refractivity contribution in [2.24, 2.45) is 0 Å². The molecular formula is C41H38N4O2Pt. The fraction of sp³-hybridized carbons (Fsp3) is 0.220. The second-order valence-electron chi connectivity index (χ2n) is 12.1. The van der Waals surface area contributed by atoms with E-state index in [0.29, 0.717) is 11.5 Å². The molecular weight excluding hydrogens is 776 g/mol. The third-order valence-corrected chi connectivity index (χ3v) is 8.75. The Bertz CT molecular complexity index is 2220. The number of aromatic nitrogens is 4. The van der Waals surface area contributed by atoms with Crippen LogP contribution in [0.3, 0.4) is 0 Å². The van der Waals surface area contributed by atoms with Gasteiger partial charge in [-0.15, -0.1) is 35.7 Å². The maximum atomic E-state index is 6.60. The van der Waals surface area contributed by atoms with Crippen LogP contribution in [0.5, 0.6) is 17.2 Å². The van der Waals surface area contributed by atoms with Crippen LogP contribution in [-0.4, -0.2) is 26.4 Å². The first-order valence-electron chi connectivity index (χ1n) is 16.3. The van der Waals surface area contributed by atoms with E-state index in [1.807, 2.05) is 35.1 Å². The molecule has 0 fully saturated rings. The number of unbranched alkanes of at least 4 members (excludes halogenated alkanes) is 2. The number of rotatable bonds is 10. The van der Waals surface area contributed by atoms with Crippen molar-refractivity contribution < 1.29 is 30.5 Å². The average Bonchev–Trinajstić information content (AvgIpc) is 3.57. The Morgan fingerprint density at radius 1 is 0.812 bits per heavy atom. The van der Waals surface area contributed by atoms with Crippen molar-refractivity contribution in [1.29, 1.82) is 0 Å². The first-order valence-corrected chi connectivity index (χ1v) is 16.3. The fourth-order valence-corrected chi connectivity index (χ4v) is 6.47. The number of hydrogen-bond donors (Lipinski definition) is 0. The molecule has 0 saturated carbocycles. The van der Waals surface area contributed by atoms with Gasteiger partial charge in [0.15, 0.2) is 0 Å².